The quantitative estimate of drug-likeness (QED) is 0.648. The number of anilines is 1. The number of likely N-dealkylation sites (tertiary alicyclic amines) is 1. The molecule has 0 spiro atoms. The lowest BCUT2D eigenvalue weighted by Gasteiger charge is -2.27. The number of para-hydroxylation sites is 1. The second kappa shape index (κ2) is 8.49. The van der Waals surface area contributed by atoms with Crippen molar-refractivity contribution in [3.63, 3.8) is 0 Å². The van der Waals surface area contributed by atoms with Crippen LogP contribution in [0.1, 0.15) is 34.9 Å². The molecule has 0 radical (unpaired) electrons. The molecule has 1 amide bonds. The van der Waals surface area contributed by atoms with Gasteiger partial charge in [0.25, 0.3) is 5.91 Å². The molecule has 1 saturated heterocycles. The van der Waals surface area contributed by atoms with E-state index in [1.165, 1.54) is 0 Å². The Hall–Kier alpha value is -3.48. The van der Waals surface area contributed by atoms with Gasteiger partial charge in [-0.1, -0.05) is 12.1 Å². The summed E-state index contributed by atoms with van der Waals surface area (Å²) < 4.78 is 5.42. The van der Waals surface area contributed by atoms with E-state index in [1.807, 2.05) is 66.5 Å². The number of rotatable bonds is 5. The summed E-state index contributed by atoms with van der Waals surface area (Å²) in [5, 5.41) is 0. The highest BCUT2D eigenvalue weighted by Crippen LogP contribution is 2.38. The maximum atomic E-state index is 13.5. The van der Waals surface area contributed by atoms with Crippen molar-refractivity contribution in [1.82, 2.24) is 19.9 Å². The number of methoxy groups -OCH3 is 1. The van der Waals surface area contributed by atoms with Gasteiger partial charge in [0, 0.05) is 44.8 Å². The predicted molar refractivity (Wildman–Crippen MR) is 116 cm³/mol. The van der Waals surface area contributed by atoms with E-state index in [4.69, 9.17) is 9.72 Å². The number of aromatic nitrogens is 3. The first-order valence-electron chi connectivity index (χ1n) is 9.98. The molecule has 0 aliphatic carbocycles. The van der Waals surface area contributed by atoms with Crippen LogP contribution in [-0.4, -0.2) is 53.5 Å². The number of nitrogens with zero attached hydrogens (tertiary/aromatic N) is 5. The second-order valence-corrected chi connectivity index (χ2v) is 7.46. The van der Waals surface area contributed by atoms with Gasteiger partial charge in [-0.3, -0.25) is 9.78 Å². The number of hydrogen-bond donors (Lipinski definition) is 0. The lowest BCUT2D eigenvalue weighted by Crippen LogP contribution is -2.32. The maximum Gasteiger partial charge on any atom is 0.258 e. The number of amides is 1. The summed E-state index contributed by atoms with van der Waals surface area (Å²) in [6.07, 6.45) is 7.12. The molecule has 4 rings (SSSR count). The number of ether oxygens (including phenoxy) is 1. The smallest absolute Gasteiger partial charge is 0.258 e. The first-order chi connectivity index (χ1) is 14.6. The molecule has 0 bridgehead atoms. The van der Waals surface area contributed by atoms with Crippen LogP contribution < -0.4 is 9.64 Å². The van der Waals surface area contributed by atoms with Crippen LogP contribution in [0.3, 0.4) is 0 Å². The molecule has 1 atom stereocenters. The summed E-state index contributed by atoms with van der Waals surface area (Å²) >= 11 is 0. The Morgan fingerprint density at radius 3 is 2.67 bits per heavy atom. The van der Waals surface area contributed by atoms with Gasteiger partial charge in [-0.25, -0.2) is 9.97 Å². The zero-order valence-corrected chi connectivity index (χ0v) is 17.4. The highest BCUT2D eigenvalue weighted by Gasteiger charge is 2.34. The monoisotopic (exact) mass is 403 g/mol. The molecule has 3 heterocycles. The van der Waals surface area contributed by atoms with E-state index < -0.39 is 0 Å². The van der Waals surface area contributed by atoms with Crippen molar-refractivity contribution in [2.45, 2.75) is 18.9 Å². The third-order valence-electron chi connectivity index (χ3n) is 5.36. The first kappa shape index (κ1) is 19.8. The Labute approximate surface area is 176 Å². The van der Waals surface area contributed by atoms with Gasteiger partial charge in [0.05, 0.1) is 24.4 Å². The van der Waals surface area contributed by atoms with E-state index in [-0.39, 0.29) is 11.9 Å². The van der Waals surface area contributed by atoms with Crippen LogP contribution in [0.5, 0.6) is 5.75 Å². The molecular weight excluding hydrogens is 378 g/mol. The van der Waals surface area contributed by atoms with Gasteiger partial charge in [-0.15, -0.1) is 0 Å². The fourth-order valence-corrected chi connectivity index (χ4v) is 3.88. The molecule has 154 valence electrons. The Balaban J connectivity index is 1.78. The Bertz CT molecular complexity index is 1040. The van der Waals surface area contributed by atoms with Crippen molar-refractivity contribution >= 4 is 11.9 Å². The summed E-state index contributed by atoms with van der Waals surface area (Å²) in [5.41, 5.74) is 3.34. The molecule has 1 aromatic carbocycles. The van der Waals surface area contributed by atoms with Gasteiger partial charge in [0.15, 0.2) is 0 Å². The standard InChI is InChI=1S/C23H25N5O2/c1-27(2)23-25-15-18(16-10-12-24-13-11-16)21(26-23)19-8-6-14-28(19)22(29)17-7-4-5-9-20(17)30-3/h4-5,7,9-13,15,19H,6,8,14H2,1-3H3/t19-/m1/s1. The first-order valence-corrected chi connectivity index (χ1v) is 9.98. The van der Waals surface area contributed by atoms with Crippen molar-refractivity contribution in [1.29, 1.82) is 0 Å². The van der Waals surface area contributed by atoms with Gasteiger partial charge < -0.3 is 14.5 Å². The minimum absolute atomic E-state index is 0.0411. The fraction of sp³-hybridized carbons (Fsp3) is 0.304. The summed E-state index contributed by atoms with van der Waals surface area (Å²) in [6.45, 7) is 0.679. The topological polar surface area (TPSA) is 71.5 Å². The van der Waals surface area contributed by atoms with E-state index in [0.29, 0.717) is 23.8 Å². The molecule has 1 fully saturated rings. The van der Waals surface area contributed by atoms with Gasteiger partial charge in [0.2, 0.25) is 5.95 Å². The molecule has 3 aromatic rings. The van der Waals surface area contributed by atoms with E-state index in [2.05, 4.69) is 9.97 Å². The molecule has 0 unspecified atom stereocenters. The average Bonchev–Trinajstić information content (AvgIpc) is 3.28. The molecule has 1 aliphatic heterocycles. The molecule has 0 saturated carbocycles. The van der Waals surface area contributed by atoms with Crippen LogP contribution in [0.15, 0.2) is 55.0 Å². The van der Waals surface area contributed by atoms with Gasteiger partial charge >= 0.3 is 0 Å². The van der Waals surface area contributed by atoms with E-state index in [0.717, 1.165) is 29.7 Å². The molecule has 1 aliphatic rings. The Kier molecular flexibility index (Phi) is 5.61. The summed E-state index contributed by atoms with van der Waals surface area (Å²) in [4.78, 5) is 30.7. The Morgan fingerprint density at radius 2 is 1.93 bits per heavy atom. The van der Waals surface area contributed by atoms with Crippen molar-refractivity contribution in [2.24, 2.45) is 0 Å². The number of carbonyl (C=O) groups excluding carboxylic acids is 1. The fourth-order valence-electron chi connectivity index (χ4n) is 3.88. The second-order valence-electron chi connectivity index (χ2n) is 7.46. The zero-order chi connectivity index (χ0) is 21.1. The van der Waals surface area contributed by atoms with Gasteiger partial charge in [0.1, 0.15) is 5.75 Å². The molecule has 2 aromatic heterocycles. The highest BCUT2D eigenvalue weighted by molar-refractivity contribution is 5.97. The number of pyridine rings is 1. The van der Waals surface area contributed by atoms with Gasteiger partial charge in [-0.2, -0.15) is 0 Å². The zero-order valence-electron chi connectivity index (χ0n) is 17.4. The molecule has 0 N–H and O–H groups in total. The SMILES string of the molecule is COc1ccccc1C(=O)N1CCC[C@@H]1c1nc(N(C)C)ncc1-c1ccncc1. The van der Waals surface area contributed by atoms with Crippen LogP contribution >= 0.6 is 0 Å². The summed E-state index contributed by atoms with van der Waals surface area (Å²) in [5.74, 6) is 1.17. The highest BCUT2D eigenvalue weighted by atomic mass is 16.5. The largest absolute Gasteiger partial charge is 0.496 e. The summed E-state index contributed by atoms with van der Waals surface area (Å²) in [7, 11) is 5.41. The number of hydrogen-bond acceptors (Lipinski definition) is 6. The molecule has 7 heteroatoms. The molecule has 7 nitrogen and oxygen atoms in total. The lowest BCUT2D eigenvalue weighted by molar-refractivity contribution is 0.0730. The van der Waals surface area contributed by atoms with E-state index in [9.17, 15) is 4.79 Å². The average molecular weight is 403 g/mol. The Morgan fingerprint density at radius 1 is 1.17 bits per heavy atom. The maximum absolute atomic E-state index is 13.5. The van der Waals surface area contributed by atoms with Crippen molar-refractivity contribution in [3.05, 3.63) is 66.2 Å². The van der Waals surface area contributed by atoms with Crippen LogP contribution in [-0.2, 0) is 0 Å². The minimum atomic E-state index is -0.132. The number of carbonyl (C=O) groups is 1. The van der Waals surface area contributed by atoms with E-state index in [1.54, 1.807) is 19.5 Å². The number of benzene rings is 1. The van der Waals surface area contributed by atoms with Crippen molar-refractivity contribution in [3.8, 4) is 16.9 Å². The van der Waals surface area contributed by atoms with Gasteiger partial charge in [-0.05, 0) is 42.7 Å². The normalized spacial score (nSPS) is 15.8. The summed E-state index contributed by atoms with van der Waals surface area (Å²) in [6, 6.07) is 11.1. The van der Waals surface area contributed by atoms with Crippen LogP contribution in [0.4, 0.5) is 5.95 Å². The minimum Gasteiger partial charge on any atom is -0.496 e. The third-order valence-corrected chi connectivity index (χ3v) is 5.36. The van der Waals surface area contributed by atoms with Crippen molar-refractivity contribution < 1.29 is 9.53 Å². The molecular formula is C23H25N5O2. The third kappa shape index (κ3) is 3.70. The van der Waals surface area contributed by atoms with Crippen LogP contribution in [0, 0.1) is 0 Å². The van der Waals surface area contributed by atoms with E-state index >= 15 is 0 Å². The predicted octanol–water partition coefficient (Wildman–Crippen LogP) is 3.59. The van der Waals surface area contributed by atoms with Crippen molar-refractivity contribution in [2.75, 3.05) is 32.6 Å². The van der Waals surface area contributed by atoms with Crippen LogP contribution in [0.25, 0.3) is 11.1 Å². The van der Waals surface area contributed by atoms with Crippen LogP contribution in [0.2, 0.25) is 0 Å². The lowest BCUT2D eigenvalue weighted by atomic mass is 10.00. The molecule has 30 heavy (non-hydrogen) atoms.